The van der Waals surface area contributed by atoms with Gasteiger partial charge in [-0.3, -0.25) is 9.59 Å². The third-order valence-electron chi connectivity index (χ3n) is 3.46. The van der Waals surface area contributed by atoms with Crippen molar-refractivity contribution < 1.29 is 9.59 Å². The zero-order valence-corrected chi connectivity index (χ0v) is 8.37. The van der Waals surface area contributed by atoms with E-state index in [2.05, 4.69) is 0 Å². The van der Waals surface area contributed by atoms with Crippen LogP contribution in [0.25, 0.3) is 0 Å². The van der Waals surface area contributed by atoms with Crippen molar-refractivity contribution in [2.75, 3.05) is 0 Å². The van der Waals surface area contributed by atoms with Gasteiger partial charge in [-0.2, -0.15) is 0 Å². The normalized spacial score (nSPS) is 29.6. The minimum atomic E-state index is 0.262. The summed E-state index contributed by atoms with van der Waals surface area (Å²) in [6.45, 7) is 0. The minimum Gasteiger partial charge on any atom is -0.300 e. The van der Waals surface area contributed by atoms with Crippen molar-refractivity contribution in [3.63, 3.8) is 0 Å². The molecule has 0 bridgehead atoms. The molecule has 1 fully saturated rings. The molecule has 2 rings (SSSR count). The number of rotatable bonds is 1. The zero-order chi connectivity index (χ0) is 9.97. The third-order valence-corrected chi connectivity index (χ3v) is 3.46. The van der Waals surface area contributed by atoms with Gasteiger partial charge in [-0.25, -0.2) is 0 Å². The van der Waals surface area contributed by atoms with Gasteiger partial charge in [-0.15, -0.1) is 0 Å². The van der Waals surface area contributed by atoms with Crippen LogP contribution in [0.3, 0.4) is 0 Å². The SMILES string of the molecule is O=C1C=CCC(C2CCC(=O)CC2)C1. The molecule has 1 atom stereocenters. The Bertz CT molecular complexity index is 268. The number of carbonyl (C=O) groups is 2. The summed E-state index contributed by atoms with van der Waals surface area (Å²) in [4.78, 5) is 22.3. The van der Waals surface area contributed by atoms with Crippen LogP contribution in [-0.2, 0) is 9.59 Å². The van der Waals surface area contributed by atoms with Gasteiger partial charge in [0.1, 0.15) is 5.78 Å². The average molecular weight is 192 g/mol. The van der Waals surface area contributed by atoms with E-state index in [9.17, 15) is 9.59 Å². The monoisotopic (exact) mass is 192 g/mol. The highest BCUT2D eigenvalue weighted by atomic mass is 16.1. The Labute approximate surface area is 84.4 Å². The van der Waals surface area contributed by atoms with E-state index in [1.807, 2.05) is 6.08 Å². The fraction of sp³-hybridized carbons (Fsp3) is 0.667. The molecule has 0 heterocycles. The van der Waals surface area contributed by atoms with Crippen LogP contribution in [0.5, 0.6) is 0 Å². The first-order valence-corrected chi connectivity index (χ1v) is 5.47. The van der Waals surface area contributed by atoms with Gasteiger partial charge in [-0.1, -0.05) is 6.08 Å². The van der Waals surface area contributed by atoms with Crippen LogP contribution in [0.4, 0.5) is 0 Å². The summed E-state index contributed by atoms with van der Waals surface area (Å²) in [5.41, 5.74) is 0. The Morgan fingerprint density at radius 1 is 1.07 bits per heavy atom. The Kier molecular flexibility index (Phi) is 2.80. The predicted molar refractivity (Wildman–Crippen MR) is 53.8 cm³/mol. The van der Waals surface area contributed by atoms with E-state index in [0.717, 1.165) is 32.1 Å². The van der Waals surface area contributed by atoms with Gasteiger partial charge in [-0.05, 0) is 37.2 Å². The lowest BCUT2D eigenvalue weighted by atomic mass is 9.74. The standard InChI is InChI=1S/C12H16O2/c13-11-6-4-9(5-7-11)10-2-1-3-12(14)8-10/h1,3,9-10H,2,4-8H2. The van der Waals surface area contributed by atoms with E-state index in [-0.39, 0.29) is 5.78 Å². The summed E-state index contributed by atoms with van der Waals surface area (Å²) in [6.07, 6.45) is 8.91. The molecule has 2 aliphatic rings. The van der Waals surface area contributed by atoms with Crippen LogP contribution in [-0.4, -0.2) is 11.6 Å². The summed E-state index contributed by atoms with van der Waals surface area (Å²) >= 11 is 0. The number of hydrogen-bond donors (Lipinski definition) is 0. The van der Waals surface area contributed by atoms with E-state index in [1.165, 1.54) is 0 Å². The fourth-order valence-corrected chi connectivity index (χ4v) is 2.58. The summed E-state index contributed by atoms with van der Waals surface area (Å²) in [5.74, 6) is 1.79. The molecular formula is C12H16O2. The predicted octanol–water partition coefficient (Wildman–Crippen LogP) is 2.28. The molecule has 0 aromatic carbocycles. The molecule has 2 nitrogen and oxygen atoms in total. The van der Waals surface area contributed by atoms with E-state index in [4.69, 9.17) is 0 Å². The molecule has 0 spiro atoms. The van der Waals surface area contributed by atoms with Crippen LogP contribution in [0.1, 0.15) is 38.5 Å². The van der Waals surface area contributed by atoms with Crippen molar-refractivity contribution in [3.05, 3.63) is 12.2 Å². The molecule has 14 heavy (non-hydrogen) atoms. The first-order valence-electron chi connectivity index (χ1n) is 5.47. The lowest BCUT2D eigenvalue weighted by Crippen LogP contribution is -2.24. The maximum atomic E-state index is 11.2. The highest BCUT2D eigenvalue weighted by Crippen LogP contribution is 2.34. The Morgan fingerprint density at radius 2 is 1.79 bits per heavy atom. The third kappa shape index (κ3) is 2.11. The Morgan fingerprint density at radius 3 is 2.43 bits per heavy atom. The van der Waals surface area contributed by atoms with Crippen molar-refractivity contribution >= 4 is 11.6 Å². The molecular weight excluding hydrogens is 176 g/mol. The van der Waals surface area contributed by atoms with Crippen LogP contribution in [0.2, 0.25) is 0 Å². The second-order valence-electron chi connectivity index (χ2n) is 4.44. The van der Waals surface area contributed by atoms with Crippen molar-refractivity contribution in [3.8, 4) is 0 Å². The zero-order valence-electron chi connectivity index (χ0n) is 8.37. The number of Topliss-reactive ketones (excluding diaryl/α,β-unsaturated/α-hetero) is 1. The maximum absolute atomic E-state index is 11.2. The van der Waals surface area contributed by atoms with E-state index in [1.54, 1.807) is 6.08 Å². The topological polar surface area (TPSA) is 34.1 Å². The molecule has 0 radical (unpaired) electrons. The second kappa shape index (κ2) is 4.07. The van der Waals surface area contributed by atoms with E-state index in [0.29, 0.717) is 24.0 Å². The van der Waals surface area contributed by atoms with Crippen molar-refractivity contribution in [1.82, 2.24) is 0 Å². The highest BCUT2D eigenvalue weighted by Gasteiger charge is 2.28. The molecule has 0 aliphatic heterocycles. The quantitative estimate of drug-likeness (QED) is 0.638. The summed E-state index contributed by atoms with van der Waals surface area (Å²) in [6, 6.07) is 0. The molecule has 0 aromatic rings. The second-order valence-corrected chi connectivity index (χ2v) is 4.44. The van der Waals surface area contributed by atoms with Gasteiger partial charge in [0.2, 0.25) is 0 Å². The summed E-state index contributed by atoms with van der Waals surface area (Å²) in [7, 11) is 0. The average Bonchev–Trinajstić information content (AvgIpc) is 2.19. The van der Waals surface area contributed by atoms with Gasteiger partial charge < -0.3 is 0 Å². The fourth-order valence-electron chi connectivity index (χ4n) is 2.58. The molecule has 0 amide bonds. The largest absolute Gasteiger partial charge is 0.300 e. The number of allylic oxidation sites excluding steroid dienone is 2. The van der Waals surface area contributed by atoms with Gasteiger partial charge in [0, 0.05) is 19.3 Å². The first kappa shape index (κ1) is 9.63. The molecule has 0 N–H and O–H groups in total. The molecule has 1 saturated carbocycles. The van der Waals surface area contributed by atoms with Gasteiger partial charge in [0.25, 0.3) is 0 Å². The molecule has 0 saturated heterocycles. The smallest absolute Gasteiger partial charge is 0.155 e. The molecule has 2 aliphatic carbocycles. The van der Waals surface area contributed by atoms with E-state index >= 15 is 0 Å². The number of hydrogen-bond acceptors (Lipinski definition) is 2. The Balaban J connectivity index is 1.92. The van der Waals surface area contributed by atoms with Crippen molar-refractivity contribution in [1.29, 1.82) is 0 Å². The summed E-state index contributed by atoms with van der Waals surface area (Å²) < 4.78 is 0. The van der Waals surface area contributed by atoms with Crippen molar-refractivity contribution in [2.45, 2.75) is 38.5 Å². The maximum Gasteiger partial charge on any atom is 0.155 e. The minimum absolute atomic E-state index is 0.262. The lowest BCUT2D eigenvalue weighted by molar-refractivity contribution is -0.121. The first-order chi connectivity index (χ1) is 6.75. The van der Waals surface area contributed by atoms with Gasteiger partial charge in [0.05, 0.1) is 0 Å². The number of ketones is 2. The lowest BCUT2D eigenvalue weighted by Gasteiger charge is -2.29. The molecule has 1 unspecified atom stereocenters. The van der Waals surface area contributed by atoms with E-state index < -0.39 is 0 Å². The van der Waals surface area contributed by atoms with Gasteiger partial charge >= 0.3 is 0 Å². The van der Waals surface area contributed by atoms with Crippen molar-refractivity contribution in [2.24, 2.45) is 11.8 Å². The molecule has 2 heteroatoms. The molecule has 0 aromatic heterocycles. The van der Waals surface area contributed by atoms with Crippen LogP contribution in [0, 0.1) is 11.8 Å². The highest BCUT2D eigenvalue weighted by molar-refractivity contribution is 5.90. The van der Waals surface area contributed by atoms with Crippen LogP contribution in [0.15, 0.2) is 12.2 Å². The van der Waals surface area contributed by atoms with Gasteiger partial charge in [0.15, 0.2) is 5.78 Å². The Hall–Kier alpha value is -0.920. The summed E-state index contributed by atoms with van der Waals surface area (Å²) in [5, 5.41) is 0. The number of carbonyl (C=O) groups excluding carboxylic acids is 2. The van der Waals surface area contributed by atoms with Crippen LogP contribution >= 0.6 is 0 Å². The molecule has 76 valence electrons. The van der Waals surface area contributed by atoms with Crippen LogP contribution < -0.4 is 0 Å².